The molecule has 17 heavy (non-hydrogen) atoms. The Morgan fingerprint density at radius 1 is 1.29 bits per heavy atom. The third-order valence-electron chi connectivity index (χ3n) is 3.28. The van der Waals surface area contributed by atoms with Gasteiger partial charge >= 0.3 is 0 Å². The number of fused-ring (bicyclic) bond motifs is 1. The molecule has 92 valence electrons. The van der Waals surface area contributed by atoms with Crippen LogP contribution in [0.1, 0.15) is 5.56 Å². The molecule has 0 amide bonds. The van der Waals surface area contributed by atoms with Crippen molar-refractivity contribution in [2.45, 2.75) is 6.42 Å². The van der Waals surface area contributed by atoms with Crippen LogP contribution in [-0.4, -0.2) is 33.4 Å². The molecule has 3 rings (SSSR count). The summed E-state index contributed by atoms with van der Waals surface area (Å²) in [5.41, 5.74) is 1.26. The second kappa shape index (κ2) is 4.45. The molecule has 2 heterocycles. The number of nitrogens with one attached hydrogen (secondary N) is 1. The first-order chi connectivity index (χ1) is 8.36. The molecule has 1 saturated heterocycles. The van der Waals surface area contributed by atoms with Crippen molar-refractivity contribution < 1.29 is 14.2 Å². The van der Waals surface area contributed by atoms with E-state index in [1.54, 1.807) is 7.11 Å². The largest absolute Gasteiger partial charge is 0.493 e. The van der Waals surface area contributed by atoms with E-state index in [1.807, 2.05) is 0 Å². The first-order valence-corrected chi connectivity index (χ1v) is 6.04. The van der Waals surface area contributed by atoms with Crippen LogP contribution >= 0.6 is 0 Å². The fourth-order valence-corrected chi connectivity index (χ4v) is 2.27. The van der Waals surface area contributed by atoms with Gasteiger partial charge < -0.3 is 19.5 Å². The predicted octanol–water partition coefficient (Wildman–Crippen LogP) is 1.23. The Hall–Kier alpha value is -1.42. The fraction of sp³-hybridized carbons (Fsp3) is 0.538. The Bertz CT molecular complexity index is 398. The first kappa shape index (κ1) is 10.7. The Morgan fingerprint density at radius 2 is 2.12 bits per heavy atom. The number of hydrogen-bond donors (Lipinski definition) is 1. The van der Waals surface area contributed by atoms with Gasteiger partial charge in [0.2, 0.25) is 5.75 Å². The molecule has 2 aliphatic heterocycles. The van der Waals surface area contributed by atoms with Crippen molar-refractivity contribution in [3.63, 3.8) is 0 Å². The van der Waals surface area contributed by atoms with E-state index in [-0.39, 0.29) is 0 Å². The van der Waals surface area contributed by atoms with Crippen molar-refractivity contribution in [2.24, 2.45) is 5.92 Å². The van der Waals surface area contributed by atoms with Crippen LogP contribution in [-0.2, 0) is 6.42 Å². The zero-order valence-electron chi connectivity index (χ0n) is 9.99. The standard InChI is InChI=1S/C13H17NO3/c1-15-11-5-9(4-10-7-14-8-10)6-12-13(11)17-3-2-16-12/h5-6,10,14H,2-4,7-8H2,1H3. The molecule has 1 aromatic rings. The lowest BCUT2D eigenvalue weighted by molar-refractivity contribution is 0.164. The highest BCUT2D eigenvalue weighted by Crippen LogP contribution is 2.40. The summed E-state index contributed by atoms with van der Waals surface area (Å²) in [4.78, 5) is 0. The lowest BCUT2D eigenvalue weighted by Gasteiger charge is -2.28. The van der Waals surface area contributed by atoms with Crippen LogP contribution in [0.25, 0.3) is 0 Å². The van der Waals surface area contributed by atoms with E-state index < -0.39 is 0 Å². The Morgan fingerprint density at radius 3 is 2.82 bits per heavy atom. The van der Waals surface area contributed by atoms with Crippen LogP contribution in [0.15, 0.2) is 12.1 Å². The fourth-order valence-electron chi connectivity index (χ4n) is 2.27. The van der Waals surface area contributed by atoms with Crippen LogP contribution in [0, 0.1) is 5.92 Å². The van der Waals surface area contributed by atoms with Crippen molar-refractivity contribution in [2.75, 3.05) is 33.4 Å². The average Bonchev–Trinajstić information content (AvgIpc) is 2.33. The van der Waals surface area contributed by atoms with Crippen molar-refractivity contribution in [1.29, 1.82) is 0 Å². The maximum atomic E-state index is 5.62. The van der Waals surface area contributed by atoms with Crippen LogP contribution in [0.3, 0.4) is 0 Å². The van der Waals surface area contributed by atoms with Crippen LogP contribution in [0.2, 0.25) is 0 Å². The van der Waals surface area contributed by atoms with Crippen LogP contribution in [0.5, 0.6) is 17.2 Å². The molecule has 0 unspecified atom stereocenters. The normalized spacial score (nSPS) is 18.6. The highest BCUT2D eigenvalue weighted by Gasteiger charge is 2.22. The molecule has 0 atom stereocenters. The summed E-state index contributed by atoms with van der Waals surface area (Å²) in [5, 5.41) is 3.29. The number of rotatable bonds is 3. The van der Waals surface area contributed by atoms with E-state index in [1.165, 1.54) is 5.56 Å². The van der Waals surface area contributed by atoms with Crippen molar-refractivity contribution in [1.82, 2.24) is 5.32 Å². The highest BCUT2D eigenvalue weighted by atomic mass is 16.6. The molecule has 0 bridgehead atoms. The lowest BCUT2D eigenvalue weighted by atomic mass is 9.94. The maximum absolute atomic E-state index is 5.62. The molecule has 0 aromatic heterocycles. The predicted molar refractivity (Wildman–Crippen MR) is 64.0 cm³/mol. The molecular formula is C13H17NO3. The third kappa shape index (κ3) is 2.05. The Labute approximate surface area is 101 Å². The lowest BCUT2D eigenvalue weighted by Crippen LogP contribution is -2.43. The minimum absolute atomic E-state index is 0.593. The van der Waals surface area contributed by atoms with Gasteiger partial charge in [0, 0.05) is 0 Å². The monoisotopic (exact) mass is 235 g/mol. The van der Waals surface area contributed by atoms with E-state index >= 15 is 0 Å². The number of benzene rings is 1. The van der Waals surface area contributed by atoms with Gasteiger partial charge in [0.25, 0.3) is 0 Å². The van der Waals surface area contributed by atoms with Gasteiger partial charge in [-0.2, -0.15) is 0 Å². The summed E-state index contributed by atoms with van der Waals surface area (Å²) < 4.78 is 16.6. The molecule has 2 aliphatic rings. The van der Waals surface area contributed by atoms with E-state index in [4.69, 9.17) is 14.2 Å². The summed E-state index contributed by atoms with van der Waals surface area (Å²) in [5.74, 6) is 3.08. The van der Waals surface area contributed by atoms with Gasteiger partial charge in [-0.1, -0.05) is 0 Å². The third-order valence-corrected chi connectivity index (χ3v) is 3.28. The van der Waals surface area contributed by atoms with Gasteiger partial charge in [0.1, 0.15) is 13.2 Å². The van der Waals surface area contributed by atoms with E-state index in [0.717, 1.165) is 42.7 Å². The molecule has 4 nitrogen and oxygen atoms in total. The van der Waals surface area contributed by atoms with Gasteiger partial charge in [0.05, 0.1) is 7.11 Å². The molecule has 0 radical (unpaired) electrons. The van der Waals surface area contributed by atoms with E-state index in [0.29, 0.717) is 13.2 Å². The topological polar surface area (TPSA) is 39.7 Å². The number of ether oxygens (including phenoxy) is 3. The molecule has 0 aliphatic carbocycles. The van der Waals surface area contributed by atoms with E-state index in [9.17, 15) is 0 Å². The highest BCUT2D eigenvalue weighted by molar-refractivity contribution is 5.54. The summed E-state index contributed by atoms with van der Waals surface area (Å²) in [6.07, 6.45) is 1.07. The van der Waals surface area contributed by atoms with Crippen molar-refractivity contribution in [3.8, 4) is 17.2 Å². The second-order valence-electron chi connectivity index (χ2n) is 4.55. The minimum Gasteiger partial charge on any atom is -0.493 e. The molecule has 1 aromatic carbocycles. The van der Waals surface area contributed by atoms with Gasteiger partial charge in [-0.3, -0.25) is 0 Å². The number of hydrogen-bond acceptors (Lipinski definition) is 4. The van der Waals surface area contributed by atoms with E-state index in [2.05, 4.69) is 17.4 Å². The Kier molecular flexibility index (Phi) is 2.81. The average molecular weight is 235 g/mol. The van der Waals surface area contributed by atoms with Gasteiger partial charge in [-0.05, 0) is 43.1 Å². The molecule has 1 fully saturated rings. The first-order valence-electron chi connectivity index (χ1n) is 6.04. The molecular weight excluding hydrogens is 218 g/mol. The smallest absolute Gasteiger partial charge is 0.203 e. The zero-order chi connectivity index (χ0) is 11.7. The molecule has 4 heteroatoms. The van der Waals surface area contributed by atoms with Gasteiger partial charge in [-0.15, -0.1) is 0 Å². The summed E-state index contributed by atoms with van der Waals surface area (Å²) in [6.45, 7) is 3.42. The van der Waals surface area contributed by atoms with Gasteiger partial charge in [-0.25, -0.2) is 0 Å². The second-order valence-corrected chi connectivity index (χ2v) is 4.55. The van der Waals surface area contributed by atoms with Crippen molar-refractivity contribution >= 4 is 0 Å². The molecule has 1 N–H and O–H groups in total. The SMILES string of the molecule is COc1cc(CC2CNC2)cc2c1OCCO2. The summed E-state index contributed by atoms with van der Waals surface area (Å²) in [6, 6.07) is 4.14. The van der Waals surface area contributed by atoms with Crippen LogP contribution in [0.4, 0.5) is 0 Å². The maximum Gasteiger partial charge on any atom is 0.203 e. The molecule has 0 spiro atoms. The minimum atomic E-state index is 0.593. The number of methoxy groups -OCH3 is 1. The summed E-state index contributed by atoms with van der Waals surface area (Å²) >= 11 is 0. The quantitative estimate of drug-likeness (QED) is 0.855. The zero-order valence-corrected chi connectivity index (χ0v) is 9.99. The van der Waals surface area contributed by atoms with Crippen molar-refractivity contribution in [3.05, 3.63) is 17.7 Å². The van der Waals surface area contributed by atoms with Crippen LogP contribution < -0.4 is 19.5 Å². The summed E-state index contributed by atoms with van der Waals surface area (Å²) in [7, 11) is 1.67. The van der Waals surface area contributed by atoms with Gasteiger partial charge in [0.15, 0.2) is 11.5 Å². The Balaban J connectivity index is 1.88. The molecule has 0 saturated carbocycles.